The van der Waals surface area contributed by atoms with Crippen molar-refractivity contribution < 1.29 is 0 Å². The zero-order chi connectivity index (χ0) is 53.8. The average molecular weight is 1120 g/mol. The Bertz CT molecular complexity index is 2020. The molecule has 12 saturated carbocycles. The Morgan fingerprint density at radius 1 is 0.195 bits per heavy atom. The number of hydrogen-bond donors (Lipinski definition) is 3. The van der Waals surface area contributed by atoms with Gasteiger partial charge in [0.05, 0.1) is 18.5 Å². The van der Waals surface area contributed by atoms with Gasteiger partial charge in [-0.2, -0.15) is 0 Å². The van der Waals surface area contributed by atoms with E-state index in [1.54, 1.807) is 96.3 Å². The first-order valence-corrected chi connectivity index (χ1v) is 39.1. The van der Waals surface area contributed by atoms with Crippen LogP contribution in [0.3, 0.4) is 0 Å². The van der Waals surface area contributed by atoms with Crippen molar-refractivity contribution in [2.45, 2.75) is 393 Å². The standard InChI is InChI=1S/C75H125N7/c1-4-25-48(26-5-1)73-76-74(49-27-6-2-7-28-49)78-75(77-73)51-30-24-29-50(47-51)67-69-68(59-39-16-23-46-66(59)79(69)52-31-8-3-9-32-52)71(81-62-42-19-12-35-55(62)56-36-13-20-43-63(56)81)72(82-64-44-21-14-37-57(64)58-38-15-22-45-65(58)82)70(67)80-60-40-17-10-33-53(60)54-34-11-18-41-61(54)80/h48-78H,1-47H2. The smallest absolute Gasteiger partial charge is 0.0624 e. The second-order valence-corrected chi connectivity index (χ2v) is 34.2. The van der Waals surface area contributed by atoms with Crippen molar-refractivity contribution >= 4 is 0 Å². The van der Waals surface area contributed by atoms with Gasteiger partial charge in [-0.25, -0.2) is 0 Å². The highest BCUT2D eigenvalue weighted by Gasteiger charge is 2.72. The van der Waals surface area contributed by atoms with Crippen LogP contribution >= 0.6 is 0 Å². The molecule has 0 aromatic rings. The predicted molar refractivity (Wildman–Crippen MR) is 336 cm³/mol. The first-order valence-electron chi connectivity index (χ1n) is 39.1. The van der Waals surface area contributed by atoms with E-state index in [-0.39, 0.29) is 0 Å². The largest absolute Gasteiger partial charge is 0.294 e. The fourth-order valence-corrected chi connectivity index (χ4v) is 28.5. The molecule has 3 N–H and O–H groups in total. The Morgan fingerprint density at radius 2 is 0.488 bits per heavy atom. The molecular weight excluding hydrogens is 999 g/mol. The van der Waals surface area contributed by atoms with Gasteiger partial charge in [-0.1, -0.05) is 161 Å². The second-order valence-electron chi connectivity index (χ2n) is 34.2. The van der Waals surface area contributed by atoms with Gasteiger partial charge in [0.1, 0.15) is 0 Å². The highest BCUT2D eigenvalue weighted by atomic mass is 15.4. The van der Waals surface area contributed by atoms with E-state index in [0.29, 0.717) is 18.5 Å². The highest BCUT2D eigenvalue weighted by Crippen LogP contribution is 2.65. The van der Waals surface area contributed by atoms with Crippen LogP contribution in [0.15, 0.2) is 0 Å². The molecule has 17 rings (SSSR count). The quantitative estimate of drug-likeness (QED) is 0.224. The summed E-state index contributed by atoms with van der Waals surface area (Å²) < 4.78 is 0. The number of hydrogen-bond acceptors (Lipinski definition) is 7. The van der Waals surface area contributed by atoms with E-state index in [1.807, 2.05) is 0 Å². The van der Waals surface area contributed by atoms with Gasteiger partial charge >= 0.3 is 0 Å². The van der Waals surface area contributed by atoms with Gasteiger partial charge in [0.25, 0.3) is 0 Å². The van der Waals surface area contributed by atoms with Crippen LogP contribution in [0.2, 0.25) is 0 Å². The fourth-order valence-electron chi connectivity index (χ4n) is 28.5. The third kappa shape index (κ3) is 9.61. The molecule has 0 amide bonds. The van der Waals surface area contributed by atoms with E-state index >= 15 is 0 Å². The summed E-state index contributed by atoms with van der Waals surface area (Å²) in [5.41, 5.74) is 0. The fraction of sp³-hybridized carbons (Fsp3) is 1.00. The molecule has 0 bridgehead atoms. The van der Waals surface area contributed by atoms with Crippen molar-refractivity contribution in [1.29, 1.82) is 0 Å². The molecule has 0 aromatic carbocycles. The lowest BCUT2D eigenvalue weighted by atomic mass is 9.56. The molecule has 82 heavy (non-hydrogen) atoms. The van der Waals surface area contributed by atoms with Gasteiger partial charge in [-0.05, 0) is 218 Å². The maximum absolute atomic E-state index is 4.63. The molecule has 7 heteroatoms. The molecule has 0 spiro atoms. The summed E-state index contributed by atoms with van der Waals surface area (Å²) in [6.45, 7) is 0. The number of rotatable bonds is 8. The van der Waals surface area contributed by atoms with Gasteiger partial charge in [0.2, 0.25) is 0 Å². The molecule has 7 nitrogen and oxygen atoms in total. The van der Waals surface area contributed by atoms with E-state index in [0.717, 1.165) is 149 Å². The summed E-state index contributed by atoms with van der Waals surface area (Å²) in [4.78, 5) is 15.1. The van der Waals surface area contributed by atoms with Gasteiger partial charge in [0, 0.05) is 72.5 Å². The van der Waals surface area contributed by atoms with Crippen LogP contribution in [-0.2, 0) is 0 Å². The molecule has 24 unspecified atom stereocenters. The van der Waals surface area contributed by atoms with Crippen LogP contribution in [-0.4, -0.2) is 111 Å². The van der Waals surface area contributed by atoms with Crippen LogP contribution in [0.25, 0.3) is 0 Å². The van der Waals surface area contributed by atoms with Crippen LogP contribution in [0.5, 0.6) is 0 Å². The van der Waals surface area contributed by atoms with Gasteiger partial charge in [0.15, 0.2) is 0 Å². The Labute approximate surface area is 502 Å². The summed E-state index contributed by atoms with van der Waals surface area (Å²) in [6, 6.07) is 9.95. The normalized spacial score (nSPS) is 52.2. The van der Waals surface area contributed by atoms with Gasteiger partial charge in [-0.3, -0.25) is 35.6 Å². The maximum atomic E-state index is 4.63. The van der Waals surface area contributed by atoms with Crippen molar-refractivity contribution in [1.82, 2.24) is 35.6 Å². The average Bonchev–Trinajstić information content (AvgIpc) is 3.91. The molecule has 5 saturated heterocycles. The summed E-state index contributed by atoms with van der Waals surface area (Å²) >= 11 is 0. The number of likely N-dealkylation sites (tertiary alicyclic amines) is 4. The molecule has 17 aliphatic rings. The van der Waals surface area contributed by atoms with E-state index in [9.17, 15) is 0 Å². The first kappa shape index (κ1) is 55.8. The van der Waals surface area contributed by atoms with Crippen molar-refractivity contribution in [2.24, 2.45) is 76.9 Å². The SMILES string of the molecule is C1CCC(C2NC(C3CCCCC3)NC(C3CCCC(C4C5C(C6CCCCC6N5C5CCCCC5)C(N5C6CCCCC6C6CCCCC65)C(N5C6CCCCC6C6CCCCC65)C4N4C5CCCCC5C5CCCCC54)C3)N2)CC1. The van der Waals surface area contributed by atoms with Crippen molar-refractivity contribution in [3.8, 4) is 0 Å². The molecule has 17 fully saturated rings. The van der Waals surface area contributed by atoms with E-state index in [4.69, 9.17) is 0 Å². The maximum Gasteiger partial charge on any atom is 0.0624 e. The van der Waals surface area contributed by atoms with Crippen LogP contribution in [0.4, 0.5) is 0 Å². The molecule has 460 valence electrons. The van der Waals surface area contributed by atoms with E-state index < -0.39 is 0 Å². The Hall–Kier alpha value is -0.280. The lowest BCUT2D eigenvalue weighted by molar-refractivity contribution is -0.156. The first-order chi connectivity index (χ1) is 40.7. The number of nitrogens with zero attached hydrogens (tertiary/aromatic N) is 4. The lowest BCUT2D eigenvalue weighted by Gasteiger charge is -2.65. The van der Waals surface area contributed by atoms with Gasteiger partial charge in [-0.15, -0.1) is 0 Å². The Balaban J connectivity index is 0.864. The molecule has 12 aliphatic carbocycles. The van der Waals surface area contributed by atoms with Crippen molar-refractivity contribution in [3.63, 3.8) is 0 Å². The zero-order valence-electron chi connectivity index (χ0n) is 52.7. The monoisotopic (exact) mass is 1120 g/mol. The van der Waals surface area contributed by atoms with Gasteiger partial charge < -0.3 is 0 Å². The molecule has 0 radical (unpaired) electrons. The number of fused-ring (bicyclic) bond motifs is 12. The predicted octanol–water partition coefficient (Wildman–Crippen LogP) is 15.9. The molecule has 0 aromatic heterocycles. The number of nitrogens with one attached hydrogen (secondary N) is 3. The Morgan fingerprint density at radius 3 is 0.902 bits per heavy atom. The van der Waals surface area contributed by atoms with E-state index in [1.165, 1.54) is 205 Å². The summed E-state index contributed by atoms with van der Waals surface area (Å²) in [5.74, 6) is 11.8. The van der Waals surface area contributed by atoms with Crippen LogP contribution in [0.1, 0.15) is 302 Å². The third-order valence-corrected chi connectivity index (χ3v) is 31.0. The van der Waals surface area contributed by atoms with Crippen LogP contribution < -0.4 is 16.0 Å². The zero-order valence-corrected chi connectivity index (χ0v) is 52.7. The molecule has 24 atom stereocenters. The van der Waals surface area contributed by atoms with Crippen molar-refractivity contribution in [2.75, 3.05) is 0 Å². The minimum absolute atomic E-state index is 0.475. The second kappa shape index (κ2) is 24.2. The van der Waals surface area contributed by atoms with Crippen molar-refractivity contribution in [3.05, 3.63) is 0 Å². The summed E-state index contributed by atoms with van der Waals surface area (Å²) in [6.07, 6.45) is 72.8. The minimum atomic E-state index is 0.475. The lowest BCUT2D eigenvalue weighted by Crippen LogP contribution is -2.77. The third-order valence-electron chi connectivity index (χ3n) is 31.0. The minimum Gasteiger partial charge on any atom is -0.294 e. The molecule has 5 aliphatic heterocycles. The molecular formula is C75H125N7. The van der Waals surface area contributed by atoms with Crippen LogP contribution in [0, 0.1) is 76.9 Å². The summed E-state index contributed by atoms with van der Waals surface area (Å²) in [5, 5.41) is 13.7. The highest BCUT2D eigenvalue weighted by molar-refractivity contribution is 5.26. The van der Waals surface area contributed by atoms with E-state index in [2.05, 4.69) is 35.6 Å². The Kier molecular flexibility index (Phi) is 16.4. The molecule has 5 heterocycles. The topological polar surface area (TPSA) is 49.1 Å². The summed E-state index contributed by atoms with van der Waals surface area (Å²) in [7, 11) is 0.